The number of hydrogen-bond acceptors (Lipinski definition) is 2. The van der Waals surface area contributed by atoms with Gasteiger partial charge in [0.05, 0.1) is 12.1 Å². The molecular weight excluding hydrogens is 312 g/mol. The second-order valence-corrected chi connectivity index (χ2v) is 6.89. The number of carbonyl (C=O) groups is 1. The third-order valence-corrected chi connectivity index (χ3v) is 4.91. The molecule has 0 bridgehead atoms. The average Bonchev–Trinajstić information content (AvgIpc) is 3.48. The van der Waals surface area contributed by atoms with Crippen LogP contribution in [-0.2, 0) is 6.54 Å². The Kier molecular flexibility index (Phi) is 3.66. The number of nitrogens with zero attached hydrogens (tertiary/aromatic N) is 1. The molecule has 2 unspecified atom stereocenters. The van der Waals surface area contributed by atoms with Gasteiger partial charge in [-0.1, -0.05) is 13.0 Å². The Bertz CT molecular complexity index is 781. The fourth-order valence-electron chi connectivity index (χ4n) is 3.14. The van der Waals surface area contributed by atoms with Crippen LogP contribution in [0.3, 0.4) is 0 Å². The molecule has 4 rings (SSSR count). The summed E-state index contributed by atoms with van der Waals surface area (Å²) in [6.07, 6.45) is 2.90. The van der Waals surface area contributed by atoms with Crippen molar-refractivity contribution >= 4 is 5.91 Å². The molecule has 2 atom stereocenters. The Balaban J connectivity index is 1.55. The van der Waals surface area contributed by atoms with Gasteiger partial charge < -0.3 is 9.32 Å². The van der Waals surface area contributed by atoms with Crippen LogP contribution in [0.5, 0.6) is 0 Å². The number of benzene rings is 1. The molecule has 0 N–H and O–H groups in total. The third-order valence-electron chi connectivity index (χ3n) is 4.91. The van der Waals surface area contributed by atoms with Crippen LogP contribution in [0.4, 0.5) is 8.78 Å². The molecule has 24 heavy (non-hydrogen) atoms. The topological polar surface area (TPSA) is 33.5 Å². The zero-order chi connectivity index (χ0) is 16.8. The first-order chi connectivity index (χ1) is 11.5. The summed E-state index contributed by atoms with van der Waals surface area (Å²) in [5, 5.41) is 0. The van der Waals surface area contributed by atoms with Gasteiger partial charge in [-0.15, -0.1) is 0 Å². The van der Waals surface area contributed by atoms with Gasteiger partial charge in [0.2, 0.25) is 0 Å². The van der Waals surface area contributed by atoms with E-state index in [0.29, 0.717) is 24.1 Å². The first-order valence-electron chi connectivity index (χ1n) is 8.38. The van der Waals surface area contributed by atoms with Crippen LogP contribution in [-0.4, -0.2) is 16.8 Å². The molecule has 2 aliphatic rings. The maximum atomic E-state index is 14.0. The smallest absolute Gasteiger partial charge is 0.257 e. The summed E-state index contributed by atoms with van der Waals surface area (Å²) >= 11 is 0. The van der Waals surface area contributed by atoms with E-state index in [1.165, 1.54) is 12.1 Å². The normalized spacial score (nSPS) is 22.5. The minimum Gasteiger partial charge on any atom is -0.464 e. The van der Waals surface area contributed by atoms with Gasteiger partial charge in [0.15, 0.2) is 11.6 Å². The lowest BCUT2D eigenvalue weighted by Crippen LogP contribution is -2.33. The van der Waals surface area contributed by atoms with E-state index in [9.17, 15) is 13.6 Å². The summed E-state index contributed by atoms with van der Waals surface area (Å²) in [5.41, 5.74) is -0.218. The van der Waals surface area contributed by atoms with Gasteiger partial charge in [-0.3, -0.25) is 4.79 Å². The molecule has 2 aromatic rings. The molecule has 0 aliphatic heterocycles. The monoisotopic (exact) mass is 331 g/mol. The van der Waals surface area contributed by atoms with E-state index in [0.717, 1.165) is 31.1 Å². The summed E-state index contributed by atoms with van der Waals surface area (Å²) in [4.78, 5) is 14.3. The van der Waals surface area contributed by atoms with Gasteiger partial charge in [-0.05, 0) is 49.4 Å². The molecule has 0 radical (unpaired) electrons. The molecule has 5 heteroatoms. The van der Waals surface area contributed by atoms with Gasteiger partial charge in [-0.25, -0.2) is 8.78 Å². The molecule has 1 amide bonds. The molecule has 1 aromatic carbocycles. The third kappa shape index (κ3) is 2.83. The van der Waals surface area contributed by atoms with Crippen LogP contribution in [0.15, 0.2) is 34.7 Å². The van der Waals surface area contributed by atoms with E-state index in [4.69, 9.17) is 4.42 Å². The van der Waals surface area contributed by atoms with Crippen molar-refractivity contribution in [2.75, 3.05) is 0 Å². The molecule has 2 aliphatic carbocycles. The summed E-state index contributed by atoms with van der Waals surface area (Å²) in [7, 11) is 0. The highest BCUT2D eigenvalue weighted by Gasteiger charge is 2.38. The maximum Gasteiger partial charge on any atom is 0.257 e. The second-order valence-electron chi connectivity index (χ2n) is 6.89. The Hall–Kier alpha value is -2.17. The maximum absolute atomic E-state index is 14.0. The molecule has 0 spiro atoms. The van der Waals surface area contributed by atoms with E-state index < -0.39 is 17.5 Å². The highest BCUT2D eigenvalue weighted by Crippen LogP contribution is 2.47. The van der Waals surface area contributed by atoms with Crippen molar-refractivity contribution in [3.8, 4) is 0 Å². The average molecular weight is 331 g/mol. The first-order valence-corrected chi connectivity index (χ1v) is 8.38. The van der Waals surface area contributed by atoms with Crippen molar-refractivity contribution in [3.63, 3.8) is 0 Å². The van der Waals surface area contributed by atoms with Gasteiger partial charge in [0.25, 0.3) is 5.91 Å². The van der Waals surface area contributed by atoms with Crippen LogP contribution in [0.25, 0.3) is 0 Å². The molecule has 1 aromatic heterocycles. The van der Waals surface area contributed by atoms with Crippen LogP contribution >= 0.6 is 0 Å². The number of halogens is 2. The quantitative estimate of drug-likeness (QED) is 0.809. The number of furan rings is 1. The molecular formula is C19H19F2NO2. The van der Waals surface area contributed by atoms with Gasteiger partial charge in [-0.2, -0.15) is 0 Å². The van der Waals surface area contributed by atoms with Crippen molar-refractivity contribution in [2.45, 2.75) is 44.7 Å². The lowest BCUT2D eigenvalue weighted by molar-refractivity contribution is 0.0710. The van der Waals surface area contributed by atoms with Crippen molar-refractivity contribution in [1.82, 2.24) is 4.90 Å². The van der Waals surface area contributed by atoms with E-state index in [1.54, 1.807) is 4.90 Å². The Labute approximate surface area is 139 Å². The van der Waals surface area contributed by atoms with Crippen molar-refractivity contribution in [1.29, 1.82) is 0 Å². The zero-order valence-corrected chi connectivity index (χ0v) is 13.5. The fraction of sp³-hybridized carbons (Fsp3) is 0.421. The lowest BCUT2D eigenvalue weighted by atomic mass is 10.1. The summed E-state index contributed by atoms with van der Waals surface area (Å²) in [5.74, 6) is 0.210. The minimum atomic E-state index is -1.08. The van der Waals surface area contributed by atoms with E-state index in [-0.39, 0.29) is 11.6 Å². The Morgan fingerprint density at radius 2 is 2.00 bits per heavy atom. The van der Waals surface area contributed by atoms with Crippen molar-refractivity contribution in [2.24, 2.45) is 5.92 Å². The molecule has 2 saturated carbocycles. The standard InChI is InChI=1S/C19H19F2NO2/c1-11-9-15(11)17-8-7-13(24-17)10-22(12-5-6-12)19(23)14-3-2-4-16(20)18(14)21/h2-4,7-8,11-12,15H,5-6,9-10H2,1H3. The summed E-state index contributed by atoms with van der Waals surface area (Å²) < 4.78 is 33.2. The second kappa shape index (κ2) is 5.72. The number of amides is 1. The highest BCUT2D eigenvalue weighted by atomic mass is 19.2. The summed E-state index contributed by atoms with van der Waals surface area (Å²) in [6, 6.07) is 7.62. The minimum absolute atomic E-state index is 0.0774. The SMILES string of the molecule is CC1CC1c1ccc(CN(C(=O)c2cccc(F)c2F)C2CC2)o1. The summed E-state index contributed by atoms with van der Waals surface area (Å²) in [6.45, 7) is 2.47. The number of hydrogen-bond donors (Lipinski definition) is 0. The molecule has 2 fully saturated rings. The van der Waals surface area contributed by atoms with Crippen LogP contribution in [0.2, 0.25) is 0 Å². The van der Waals surface area contributed by atoms with Gasteiger partial charge >= 0.3 is 0 Å². The highest BCUT2D eigenvalue weighted by molar-refractivity contribution is 5.94. The van der Waals surface area contributed by atoms with Crippen LogP contribution in [0, 0.1) is 17.6 Å². The van der Waals surface area contributed by atoms with Crippen LogP contribution in [0.1, 0.15) is 54.0 Å². The molecule has 3 nitrogen and oxygen atoms in total. The first kappa shape index (κ1) is 15.4. The molecule has 1 heterocycles. The van der Waals surface area contributed by atoms with E-state index in [2.05, 4.69) is 6.92 Å². The lowest BCUT2D eigenvalue weighted by Gasteiger charge is -2.21. The Morgan fingerprint density at radius 3 is 2.67 bits per heavy atom. The van der Waals surface area contributed by atoms with Gasteiger partial charge in [0, 0.05) is 12.0 Å². The zero-order valence-electron chi connectivity index (χ0n) is 13.5. The number of rotatable bonds is 5. The van der Waals surface area contributed by atoms with E-state index >= 15 is 0 Å². The molecule has 0 saturated heterocycles. The molecule has 126 valence electrons. The predicted molar refractivity (Wildman–Crippen MR) is 84.5 cm³/mol. The predicted octanol–water partition coefficient (Wildman–Crippen LogP) is 4.49. The van der Waals surface area contributed by atoms with Crippen LogP contribution < -0.4 is 0 Å². The fourth-order valence-corrected chi connectivity index (χ4v) is 3.14. The van der Waals surface area contributed by atoms with Gasteiger partial charge in [0.1, 0.15) is 11.5 Å². The Morgan fingerprint density at radius 1 is 1.25 bits per heavy atom. The van der Waals surface area contributed by atoms with E-state index in [1.807, 2.05) is 12.1 Å². The largest absolute Gasteiger partial charge is 0.464 e. The van der Waals surface area contributed by atoms with Crippen molar-refractivity contribution < 1.29 is 18.0 Å². The van der Waals surface area contributed by atoms with Crippen molar-refractivity contribution in [3.05, 3.63) is 59.1 Å². The number of carbonyl (C=O) groups excluding carboxylic acids is 1.